The Balaban J connectivity index is 2.67. The molecule has 0 N–H and O–H groups in total. The first kappa shape index (κ1) is 10.3. The maximum absolute atomic E-state index is 4.34. The van der Waals surface area contributed by atoms with Gasteiger partial charge in [-0.3, -0.25) is 4.68 Å². The first-order valence-electron chi connectivity index (χ1n) is 5.19. The maximum Gasteiger partial charge on any atom is 0.0524 e. The van der Waals surface area contributed by atoms with E-state index in [1.165, 1.54) is 18.4 Å². The van der Waals surface area contributed by atoms with Crippen LogP contribution in [0.2, 0.25) is 0 Å². The predicted molar refractivity (Wildman–Crippen MR) is 55.9 cm³/mol. The van der Waals surface area contributed by atoms with E-state index in [-0.39, 0.29) is 0 Å². The van der Waals surface area contributed by atoms with Crippen LogP contribution < -0.4 is 0 Å². The molecule has 1 aromatic heterocycles. The van der Waals surface area contributed by atoms with Crippen LogP contribution in [0, 0.1) is 0 Å². The highest BCUT2D eigenvalue weighted by molar-refractivity contribution is 5.10. The third-order valence-corrected chi connectivity index (χ3v) is 2.44. The molecule has 0 aromatic carbocycles. The molecule has 0 spiro atoms. The summed E-state index contributed by atoms with van der Waals surface area (Å²) in [6, 6.07) is 0.475. The molecule has 1 heterocycles. The lowest BCUT2D eigenvalue weighted by atomic mass is 10.0. The zero-order valence-electron chi connectivity index (χ0n) is 9.12. The Labute approximate surface area is 81.0 Å². The highest BCUT2D eigenvalue weighted by atomic mass is 15.3. The fourth-order valence-corrected chi connectivity index (χ4v) is 1.49. The number of hydrogen-bond donors (Lipinski definition) is 0. The minimum absolute atomic E-state index is 0.475. The lowest BCUT2D eigenvalue weighted by molar-refractivity contribution is 0.531. The number of aromatic nitrogens is 2. The Morgan fingerprint density at radius 3 is 2.54 bits per heavy atom. The Morgan fingerprint density at radius 1 is 1.38 bits per heavy atom. The van der Waals surface area contributed by atoms with Gasteiger partial charge >= 0.3 is 0 Å². The van der Waals surface area contributed by atoms with Crippen LogP contribution in [-0.4, -0.2) is 9.78 Å². The van der Waals surface area contributed by atoms with Crippen molar-refractivity contribution in [3.05, 3.63) is 18.0 Å². The highest BCUT2D eigenvalue weighted by Gasteiger charge is 2.07. The van der Waals surface area contributed by atoms with Gasteiger partial charge in [0.1, 0.15) is 0 Å². The lowest BCUT2D eigenvalue weighted by Crippen LogP contribution is -2.00. The topological polar surface area (TPSA) is 17.8 Å². The summed E-state index contributed by atoms with van der Waals surface area (Å²) >= 11 is 0. The average molecular weight is 180 g/mol. The smallest absolute Gasteiger partial charge is 0.0524 e. The van der Waals surface area contributed by atoms with Crippen LogP contribution in [-0.2, 0) is 0 Å². The second-order valence-electron chi connectivity index (χ2n) is 4.04. The SMILES string of the molecule is CCCC(C)c1cnn(C(C)C)c1. The van der Waals surface area contributed by atoms with Gasteiger partial charge in [-0.25, -0.2) is 0 Å². The standard InChI is InChI=1S/C11H20N2/c1-5-6-10(4)11-7-12-13(8-11)9(2)3/h7-10H,5-6H2,1-4H3. The summed E-state index contributed by atoms with van der Waals surface area (Å²) in [5.41, 5.74) is 1.37. The van der Waals surface area contributed by atoms with Crippen LogP contribution in [0.4, 0.5) is 0 Å². The molecular weight excluding hydrogens is 160 g/mol. The molecule has 0 saturated carbocycles. The van der Waals surface area contributed by atoms with E-state index in [1.54, 1.807) is 0 Å². The maximum atomic E-state index is 4.34. The van der Waals surface area contributed by atoms with Crippen LogP contribution >= 0.6 is 0 Å². The van der Waals surface area contributed by atoms with Gasteiger partial charge in [0.2, 0.25) is 0 Å². The first-order valence-corrected chi connectivity index (χ1v) is 5.19. The van der Waals surface area contributed by atoms with E-state index in [0.717, 1.165) is 0 Å². The summed E-state index contributed by atoms with van der Waals surface area (Å²) in [7, 11) is 0. The summed E-state index contributed by atoms with van der Waals surface area (Å²) < 4.78 is 2.03. The van der Waals surface area contributed by atoms with Crippen molar-refractivity contribution in [1.29, 1.82) is 0 Å². The van der Waals surface area contributed by atoms with E-state index in [0.29, 0.717) is 12.0 Å². The van der Waals surface area contributed by atoms with E-state index in [4.69, 9.17) is 0 Å². The molecule has 0 amide bonds. The second-order valence-corrected chi connectivity index (χ2v) is 4.04. The van der Waals surface area contributed by atoms with Crippen LogP contribution in [0.25, 0.3) is 0 Å². The van der Waals surface area contributed by atoms with Crippen LogP contribution in [0.15, 0.2) is 12.4 Å². The lowest BCUT2D eigenvalue weighted by Gasteiger charge is -2.07. The van der Waals surface area contributed by atoms with Gasteiger partial charge in [0.25, 0.3) is 0 Å². The minimum atomic E-state index is 0.475. The highest BCUT2D eigenvalue weighted by Crippen LogP contribution is 2.20. The van der Waals surface area contributed by atoms with Crippen molar-refractivity contribution in [2.45, 2.75) is 52.5 Å². The van der Waals surface area contributed by atoms with Gasteiger partial charge in [-0.15, -0.1) is 0 Å². The van der Waals surface area contributed by atoms with E-state index >= 15 is 0 Å². The normalized spacial score (nSPS) is 13.6. The molecule has 0 radical (unpaired) electrons. The second kappa shape index (κ2) is 4.45. The molecule has 2 heteroatoms. The Kier molecular flexibility index (Phi) is 3.52. The fraction of sp³-hybridized carbons (Fsp3) is 0.727. The molecule has 13 heavy (non-hydrogen) atoms. The van der Waals surface area contributed by atoms with Gasteiger partial charge in [-0.1, -0.05) is 20.3 Å². The first-order chi connectivity index (χ1) is 6.15. The van der Waals surface area contributed by atoms with Gasteiger partial charge in [0.15, 0.2) is 0 Å². The van der Waals surface area contributed by atoms with Crippen molar-refractivity contribution < 1.29 is 0 Å². The number of rotatable bonds is 4. The van der Waals surface area contributed by atoms with Crippen molar-refractivity contribution in [2.75, 3.05) is 0 Å². The van der Waals surface area contributed by atoms with Crippen molar-refractivity contribution in [1.82, 2.24) is 9.78 Å². The van der Waals surface area contributed by atoms with Crippen LogP contribution in [0.1, 0.15) is 58.1 Å². The third kappa shape index (κ3) is 2.58. The molecule has 0 bridgehead atoms. The molecule has 2 nitrogen and oxygen atoms in total. The molecule has 0 aliphatic carbocycles. The molecule has 0 aliphatic rings. The third-order valence-electron chi connectivity index (χ3n) is 2.44. The van der Waals surface area contributed by atoms with Crippen LogP contribution in [0.3, 0.4) is 0 Å². The molecular formula is C11H20N2. The van der Waals surface area contributed by atoms with E-state index < -0.39 is 0 Å². The minimum Gasteiger partial charge on any atom is -0.270 e. The number of hydrogen-bond acceptors (Lipinski definition) is 1. The van der Waals surface area contributed by atoms with Gasteiger partial charge < -0.3 is 0 Å². The quantitative estimate of drug-likeness (QED) is 0.694. The van der Waals surface area contributed by atoms with Gasteiger partial charge in [0.05, 0.1) is 6.20 Å². The largest absolute Gasteiger partial charge is 0.270 e. The summed E-state index contributed by atoms with van der Waals surface area (Å²) in [5.74, 6) is 0.650. The monoisotopic (exact) mass is 180 g/mol. The van der Waals surface area contributed by atoms with E-state index in [1.807, 2.05) is 10.9 Å². The van der Waals surface area contributed by atoms with Crippen molar-refractivity contribution in [3.8, 4) is 0 Å². The van der Waals surface area contributed by atoms with Gasteiger partial charge in [-0.05, 0) is 31.7 Å². The van der Waals surface area contributed by atoms with Crippen molar-refractivity contribution >= 4 is 0 Å². The Morgan fingerprint density at radius 2 is 2.08 bits per heavy atom. The Bertz CT molecular complexity index is 250. The molecule has 0 saturated heterocycles. The number of nitrogens with zero attached hydrogens (tertiary/aromatic N) is 2. The average Bonchev–Trinajstić information content (AvgIpc) is 2.52. The summed E-state index contributed by atoms with van der Waals surface area (Å²) in [4.78, 5) is 0. The molecule has 1 unspecified atom stereocenters. The van der Waals surface area contributed by atoms with Crippen molar-refractivity contribution in [3.63, 3.8) is 0 Å². The zero-order valence-corrected chi connectivity index (χ0v) is 9.12. The van der Waals surface area contributed by atoms with Gasteiger partial charge in [-0.2, -0.15) is 5.10 Å². The summed E-state index contributed by atoms with van der Waals surface area (Å²) in [6.45, 7) is 8.80. The molecule has 0 aliphatic heterocycles. The molecule has 1 atom stereocenters. The summed E-state index contributed by atoms with van der Waals surface area (Å²) in [6.07, 6.45) is 6.67. The molecule has 0 fully saturated rings. The van der Waals surface area contributed by atoms with Gasteiger partial charge in [0, 0.05) is 12.2 Å². The van der Waals surface area contributed by atoms with E-state index in [9.17, 15) is 0 Å². The predicted octanol–water partition coefficient (Wildman–Crippen LogP) is 3.37. The van der Waals surface area contributed by atoms with Crippen molar-refractivity contribution in [2.24, 2.45) is 0 Å². The fourth-order valence-electron chi connectivity index (χ4n) is 1.49. The molecule has 74 valence electrons. The summed E-state index contributed by atoms with van der Waals surface area (Å²) in [5, 5.41) is 4.34. The van der Waals surface area contributed by atoms with Crippen LogP contribution in [0.5, 0.6) is 0 Å². The van der Waals surface area contributed by atoms with E-state index in [2.05, 4.69) is 39.0 Å². The molecule has 1 aromatic rings. The molecule has 1 rings (SSSR count). The zero-order chi connectivity index (χ0) is 9.84. The Hall–Kier alpha value is -0.790.